The Balaban J connectivity index is 1.46. The van der Waals surface area contributed by atoms with E-state index in [0.717, 1.165) is 11.1 Å². The summed E-state index contributed by atoms with van der Waals surface area (Å²) in [5.74, 6) is -1.33. The highest BCUT2D eigenvalue weighted by molar-refractivity contribution is 5.94. The maximum atomic E-state index is 13.3. The first-order valence-corrected chi connectivity index (χ1v) is 10.2. The van der Waals surface area contributed by atoms with Gasteiger partial charge in [0.05, 0.1) is 5.92 Å². The van der Waals surface area contributed by atoms with E-state index < -0.39 is 24.0 Å². The molecule has 0 saturated heterocycles. The molecule has 2 aromatic carbocycles. The molecule has 2 unspecified atom stereocenters. The van der Waals surface area contributed by atoms with Crippen molar-refractivity contribution in [1.29, 1.82) is 0 Å². The van der Waals surface area contributed by atoms with Crippen molar-refractivity contribution in [2.24, 2.45) is 5.92 Å². The monoisotopic (exact) mass is 429 g/mol. The molecular weight excluding hydrogens is 407 g/mol. The highest BCUT2D eigenvalue weighted by atomic mass is 19.4. The molecular formula is C23H22F3N3O2. The molecule has 0 aliphatic heterocycles. The minimum atomic E-state index is -4.31. The summed E-state index contributed by atoms with van der Waals surface area (Å²) < 4.78 is 45.5. The van der Waals surface area contributed by atoms with Gasteiger partial charge in [-0.2, -0.15) is 13.2 Å². The number of alkyl halides is 3. The second-order valence-corrected chi connectivity index (χ2v) is 7.87. The van der Waals surface area contributed by atoms with E-state index >= 15 is 0 Å². The number of benzene rings is 2. The molecule has 1 amide bonds. The largest absolute Gasteiger partial charge is 0.416 e. The van der Waals surface area contributed by atoms with Gasteiger partial charge in [0.1, 0.15) is 0 Å². The molecule has 3 aromatic rings. The highest BCUT2D eigenvalue weighted by Crippen LogP contribution is 2.37. The van der Waals surface area contributed by atoms with Crippen LogP contribution in [0.5, 0.6) is 0 Å². The Hall–Kier alpha value is -3.16. The van der Waals surface area contributed by atoms with Crippen LogP contribution in [0.3, 0.4) is 0 Å². The third-order valence-electron chi connectivity index (χ3n) is 5.59. The second-order valence-electron chi connectivity index (χ2n) is 7.87. The van der Waals surface area contributed by atoms with Crippen molar-refractivity contribution in [2.45, 2.75) is 44.8 Å². The Morgan fingerprint density at radius 3 is 2.35 bits per heavy atom. The molecule has 1 fully saturated rings. The lowest BCUT2D eigenvalue weighted by Gasteiger charge is -2.33. The summed E-state index contributed by atoms with van der Waals surface area (Å²) >= 11 is 0. The SMILES string of the molecule is Cc1cccc(-c2nnc(-c3ccc(C(=O)NC4CCCCC4C(F)(F)F)cc3)o2)c1. The normalized spacial score (nSPS) is 19.2. The van der Waals surface area contributed by atoms with E-state index in [-0.39, 0.29) is 12.0 Å². The number of aromatic nitrogens is 2. The first-order chi connectivity index (χ1) is 14.8. The zero-order chi connectivity index (χ0) is 22.0. The van der Waals surface area contributed by atoms with Crippen LogP contribution in [-0.4, -0.2) is 28.3 Å². The topological polar surface area (TPSA) is 68.0 Å². The number of halogens is 3. The number of hydrogen-bond donors (Lipinski definition) is 1. The number of aryl methyl sites for hydroxylation is 1. The molecule has 0 spiro atoms. The summed E-state index contributed by atoms with van der Waals surface area (Å²) in [6, 6.07) is 13.2. The van der Waals surface area contributed by atoms with Gasteiger partial charge in [0.15, 0.2) is 0 Å². The maximum Gasteiger partial charge on any atom is 0.393 e. The van der Waals surface area contributed by atoms with Crippen LogP contribution in [0.25, 0.3) is 22.9 Å². The van der Waals surface area contributed by atoms with Crippen molar-refractivity contribution in [3.05, 3.63) is 59.7 Å². The summed E-state index contributed by atoms with van der Waals surface area (Å²) in [4.78, 5) is 12.5. The summed E-state index contributed by atoms with van der Waals surface area (Å²) in [6.45, 7) is 1.97. The van der Waals surface area contributed by atoms with Gasteiger partial charge in [-0.15, -0.1) is 10.2 Å². The predicted molar refractivity (Wildman–Crippen MR) is 109 cm³/mol. The Labute approximate surface area is 177 Å². The Kier molecular flexibility index (Phi) is 5.80. The van der Waals surface area contributed by atoms with Gasteiger partial charge >= 0.3 is 6.18 Å². The van der Waals surface area contributed by atoms with Gasteiger partial charge in [-0.05, 0) is 56.2 Å². The number of amides is 1. The summed E-state index contributed by atoms with van der Waals surface area (Å²) in [5, 5.41) is 10.7. The smallest absolute Gasteiger partial charge is 0.393 e. The van der Waals surface area contributed by atoms with Crippen LogP contribution in [0.1, 0.15) is 41.6 Å². The fraction of sp³-hybridized carbons (Fsp3) is 0.348. The molecule has 1 aliphatic rings. The molecule has 1 aromatic heterocycles. The molecule has 1 aliphatic carbocycles. The maximum absolute atomic E-state index is 13.3. The fourth-order valence-corrected chi connectivity index (χ4v) is 3.95. The van der Waals surface area contributed by atoms with E-state index in [9.17, 15) is 18.0 Å². The lowest BCUT2D eigenvalue weighted by Crippen LogP contribution is -2.47. The van der Waals surface area contributed by atoms with Gasteiger partial charge < -0.3 is 9.73 Å². The lowest BCUT2D eigenvalue weighted by molar-refractivity contribution is -0.187. The standard InChI is InChI=1S/C23H22F3N3O2/c1-14-5-4-6-17(13-14)22-29-28-21(31-22)16-11-9-15(10-12-16)20(30)27-19-8-3-2-7-18(19)23(24,25)26/h4-6,9-13,18-19H,2-3,7-8H2,1H3,(H,27,30). The molecule has 31 heavy (non-hydrogen) atoms. The van der Waals surface area contributed by atoms with Crippen molar-refractivity contribution in [2.75, 3.05) is 0 Å². The van der Waals surface area contributed by atoms with Crippen LogP contribution in [-0.2, 0) is 0 Å². The number of carbonyl (C=O) groups is 1. The average molecular weight is 429 g/mol. The van der Waals surface area contributed by atoms with Crippen LogP contribution < -0.4 is 5.32 Å². The number of rotatable bonds is 4. The zero-order valence-electron chi connectivity index (χ0n) is 16.9. The van der Waals surface area contributed by atoms with E-state index in [2.05, 4.69) is 15.5 Å². The third-order valence-corrected chi connectivity index (χ3v) is 5.59. The first kappa shape index (κ1) is 21.1. The minimum Gasteiger partial charge on any atom is -0.416 e. The summed E-state index contributed by atoms with van der Waals surface area (Å²) in [6.07, 6.45) is -2.72. The number of nitrogens with one attached hydrogen (secondary N) is 1. The van der Waals surface area contributed by atoms with Crippen LogP contribution in [0, 0.1) is 12.8 Å². The highest BCUT2D eigenvalue weighted by Gasteiger charge is 2.46. The number of carbonyl (C=O) groups excluding carboxylic acids is 1. The molecule has 8 heteroatoms. The molecule has 1 heterocycles. The minimum absolute atomic E-state index is 0.0494. The Morgan fingerprint density at radius 1 is 1.00 bits per heavy atom. The van der Waals surface area contributed by atoms with Gasteiger partial charge in [0.25, 0.3) is 5.91 Å². The first-order valence-electron chi connectivity index (χ1n) is 10.2. The van der Waals surface area contributed by atoms with Gasteiger partial charge in [0.2, 0.25) is 11.8 Å². The number of hydrogen-bond acceptors (Lipinski definition) is 4. The van der Waals surface area contributed by atoms with Crippen molar-refractivity contribution in [1.82, 2.24) is 15.5 Å². The van der Waals surface area contributed by atoms with Crippen LogP contribution in [0.2, 0.25) is 0 Å². The van der Waals surface area contributed by atoms with Crippen LogP contribution >= 0.6 is 0 Å². The molecule has 4 rings (SSSR count). The predicted octanol–water partition coefficient (Wildman–Crippen LogP) is 5.56. The third kappa shape index (κ3) is 4.78. The molecule has 0 radical (unpaired) electrons. The van der Waals surface area contributed by atoms with Crippen LogP contribution in [0.15, 0.2) is 52.9 Å². The lowest BCUT2D eigenvalue weighted by atomic mass is 9.84. The van der Waals surface area contributed by atoms with E-state index in [1.807, 2.05) is 31.2 Å². The van der Waals surface area contributed by atoms with E-state index in [1.165, 1.54) is 0 Å². The van der Waals surface area contributed by atoms with Gasteiger partial charge in [-0.1, -0.05) is 30.5 Å². The molecule has 1 N–H and O–H groups in total. The Bertz CT molecular complexity index is 1060. The van der Waals surface area contributed by atoms with Crippen molar-refractivity contribution < 1.29 is 22.4 Å². The van der Waals surface area contributed by atoms with Gasteiger partial charge in [-0.25, -0.2) is 0 Å². The Morgan fingerprint density at radius 2 is 1.68 bits per heavy atom. The van der Waals surface area contributed by atoms with Crippen molar-refractivity contribution in [3.63, 3.8) is 0 Å². The molecule has 2 atom stereocenters. The molecule has 162 valence electrons. The van der Waals surface area contributed by atoms with Crippen LogP contribution in [0.4, 0.5) is 13.2 Å². The molecule has 0 bridgehead atoms. The zero-order valence-corrected chi connectivity index (χ0v) is 16.9. The van der Waals surface area contributed by atoms with E-state index in [4.69, 9.17) is 4.42 Å². The quantitative estimate of drug-likeness (QED) is 0.589. The van der Waals surface area contributed by atoms with E-state index in [1.54, 1.807) is 24.3 Å². The van der Waals surface area contributed by atoms with Gasteiger partial charge in [-0.3, -0.25) is 4.79 Å². The van der Waals surface area contributed by atoms with Gasteiger partial charge in [0, 0.05) is 22.7 Å². The average Bonchev–Trinajstić information content (AvgIpc) is 3.24. The molecule has 5 nitrogen and oxygen atoms in total. The summed E-state index contributed by atoms with van der Waals surface area (Å²) in [5.41, 5.74) is 2.78. The number of nitrogens with zero attached hydrogens (tertiary/aromatic N) is 2. The second kappa shape index (κ2) is 8.53. The van der Waals surface area contributed by atoms with Crippen molar-refractivity contribution in [3.8, 4) is 22.9 Å². The summed E-state index contributed by atoms with van der Waals surface area (Å²) in [7, 11) is 0. The van der Waals surface area contributed by atoms with Crippen molar-refractivity contribution >= 4 is 5.91 Å². The fourth-order valence-electron chi connectivity index (χ4n) is 3.95. The van der Waals surface area contributed by atoms with E-state index in [0.29, 0.717) is 36.6 Å². The molecule has 1 saturated carbocycles.